The summed E-state index contributed by atoms with van der Waals surface area (Å²) in [7, 11) is 0. The van der Waals surface area contributed by atoms with Crippen LogP contribution in [0.4, 0.5) is 13.2 Å². The predicted octanol–water partition coefficient (Wildman–Crippen LogP) is 4.39. The number of aromatic nitrogens is 2. The van der Waals surface area contributed by atoms with Crippen LogP contribution in [0.15, 0.2) is 30.5 Å². The number of rotatable bonds is 2. The number of hydrogen-bond acceptors (Lipinski definition) is 1. The Morgan fingerprint density at radius 1 is 1.33 bits per heavy atom. The van der Waals surface area contributed by atoms with Crippen LogP contribution in [0.2, 0.25) is 0 Å². The molecule has 1 aromatic heterocycles. The lowest BCUT2D eigenvalue weighted by Gasteiger charge is -2.19. The Kier molecular flexibility index (Phi) is 3.51. The van der Waals surface area contributed by atoms with Crippen LogP contribution in [-0.2, 0) is 19.1 Å². The first kappa shape index (κ1) is 14.2. The van der Waals surface area contributed by atoms with Crippen molar-refractivity contribution in [3.63, 3.8) is 0 Å². The number of benzene rings is 1. The molecule has 0 bridgehead atoms. The molecule has 112 valence electrons. The molecule has 0 saturated heterocycles. The first-order valence-electron chi connectivity index (χ1n) is 7.15. The third kappa shape index (κ3) is 2.96. The SMILES string of the molecule is CC1CCCn2cc(Cc3cccc(C(F)(F)F)c3)nc21. The lowest BCUT2D eigenvalue weighted by atomic mass is 10.0. The molecular weight excluding hydrogens is 277 g/mol. The number of halogens is 3. The highest BCUT2D eigenvalue weighted by Crippen LogP contribution is 2.30. The van der Waals surface area contributed by atoms with Crippen molar-refractivity contribution in [2.75, 3.05) is 0 Å². The van der Waals surface area contributed by atoms with E-state index in [0.29, 0.717) is 17.9 Å². The third-order valence-corrected chi connectivity index (χ3v) is 3.97. The minimum absolute atomic E-state index is 0.425. The lowest BCUT2D eigenvalue weighted by molar-refractivity contribution is -0.137. The summed E-state index contributed by atoms with van der Waals surface area (Å²) in [6.45, 7) is 3.10. The van der Waals surface area contributed by atoms with Crippen LogP contribution in [0, 0.1) is 0 Å². The summed E-state index contributed by atoms with van der Waals surface area (Å²) in [5.74, 6) is 1.48. The molecule has 2 heterocycles. The van der Waals surface area contributed by atoms with Crippen molar-refractivity contribution >= 4 is 0 Å². The normalized spacial score (nSPS) is 18.6. The Labute approximate surface area is 121 Å². The minimum atomic E-state index is -4.29. The van der Waals surface area contributed by atoms with E-state index in [0.717, 1.165) is 37.0 Å². The number of imidazole rings is 1. The number of fused-ring (bicyclic) bond motifs is 1. The fourth-order valence-corrected chi connectivity index (χ4v) is 2.91. The van der Waals surface area contributed by atoms with Gasteiger partial charge in [0, 0.05) is 25.1 Å². The third-order valence-electron chi connectivity index (χ3n) is 3.97. The van der Waals surface area contributed by atoms with Gasteiger partial charge in [0.25, 0.3) is 0 Å². The van der Waals surface area contributed by atoms with Gasteiger partial charge in [-0.25, -0.2) is 4.98 Å². The van der Waals surface area contributed by atoms with Gasteiger partial charge in [-0.3, -0.25) is 0 Å². The zero-order valence-corrected chi connectivity index (χ0v) is 11.8. The van der Waals surface area contributed by atoms with E-state index in [9.17, 15) is 13.2 Å². The average Bonchev–Trinajstić information content (AvgIpc) is 2.82. The molecule has 0 radical (unpaired) electrons. The number of nitrogens with zero attached hydrogens (tertiary/aromatic N) is 2. The van der Waals surface area contributed by atoms with Gasteiger partial charge in [-0.2, -0.15) is 13.2 Å². The number of aryl methyl sites for hydroxylation is 1. The van der Waals surface area contributed by atoms with E-state index in [1.54, 1.807) is 6.07 Å². The Hall–Kier alpha value is -1.78. The molecule has 0 amide bonds. The fourth-order valence-electron chi connectivity index (χ4n) is 2.91. The highest BCUT2D eigenvalue weighted by molar-refractivity contribution is 5.29. The molecular formula is C16H17F3N2. The molecule has 21 heavy (non-hydrogen) atoms. The van der Waals surface area contributed by atoms with Gasteiger partial charge >= 0.3 is 6.18 Å². The smallest absolute Gasteiger partial charge is 0.334 e. The Balaban J connectivity index is 1.84. The highest BCUT2D eigenvalue weighted by Gasteiger charge is 2.30. The highest BCUT2D eigenvalue weighted by atomic mass is 19.4. The van der Waals surface area contributed by atoms with Crippen molar-refractivity contribution in [2.24, 2.45) is 0 Å². The molecule has 2 aromatic rings. The van der Waals surface area contributed by atoms with Gasteiger partial charge in [-0.05, 0) is 24.5 Å². The second-order valence-electron chi connectivity index (χ2n) is 5.70. The summed E-state index contributed by atoms with van der Waals surface area (Å²) in [5.41, 5.74) is 0.892. The lowest BCUT2D eigenvalue weighted by Crippen LogP contribution is -2.12. The monoisotopic (exact) mass is 294 g/mol. The second-order valence-corrected chi connectivity index (χ2v) is 5.70. The Morgan fingerprint density at radius 2 is 2.14 bits per heavy atom. The topological polar surface area (TPSA) is 17.8 Å². The molecule has 0 saturated carbocycles. The van der Waals surface area contributed by atoms with Gasteiger partial charge < -0.3 is 4.57 Å². The second kappa shape index (κ2) is 5.20. The molecule has 0 N–H and O–H groups in total. The van der Waals surface area contributed by atoms with Crippen molar-refractivity contribution in [1.29, 1.82) is 0 Å². The van der Waals surface area contributed by atoms with Crippen LogP contribution in [0.25, 0.3) is 0 Å². The molecule has 1 atom stereocenters. The van der Waals surface area contributed by atoms with E-state index in [-0.39, 0.29) is 0 Å². The molecule has 0 spiro atoms. The summed E-state index contributed by atoms with van der Waals surface area (Å²) in [5, 5.41) is 0. The molecule has 1 aliphatic heterocycles. The van der Waals surface area contributed by atoms with Crippen LogP contribution < -0.4 is 0 Å². The molecule has 3 rings (SSSR count). The number of hydrogen-bond donors (Lipinski definition) is 0. The molecule has 1 unspecified atom stereocenters. The minimum Gasteiger partial charge on any atom is -0.334 e. The van der Waals surface area contributed by atoms with E-state index in [2.05, 4.69) is 16.5 Å². The first-order chi connectivity index (χ1) is 9.93. The van der Waals surface area contributed by atoms with Crippen LogP contribution in [0.1, 0.15) is 48.3 Å². The quantitative estimate of drug-likeness (QED) is 0.803. The summed E-state index contributed by atoms with van der Waals surface area (Å²) in [6.07, 6.45) is 0.382. The molecule has 0 aliphatic carbocycles. The van der Waals surface area contributed by atoms with E-state index in [1.165, 1.54) is 12.1 Å². The molecule has 2 nitrogen and oxygen atoms in total. The maximum absolute atomic E-state index is 12.7. The van der Waals surface area contributed by atoms with Crippen molar-refractivity contribution in [1.82, 2.24) is 9.55 Å². The maximum atomic E-state index is 12.7. The van der Waals surface area contributed by atoms with Gasteiger partial charge in [0.2, 0.25) is 0 Å². The molecule has 1 aliphatic rings. The molecule has 1 aromatic carbocycles. The standard InChI is InChI=1S/C16H17F3N2/c1-11-4-3-7-21-10-14(20-15(11)21)9-12-5-2-6-13(8-12)16(17,18)19/h2,5-6,8,10-11H,3-4,7,9H2,1H3. The summed E-state index contributed by atoms with van der Waals surface area (Å²) >= 11 is 0. The van der Waals surface area contributed by atoms with E-state index < -0.39 is 11.7 Å². The Bertz CT molecular complexity index is 643. The van der Waals surface area contributed by atoms with Crippen LogP contribution in [0.3, 0.4) is 0 Å². The van der Waals surface area contributed by atoms with Crippen molar-refractivity contribution in [2.45, 2.75) is 44.8 Å². The summed E-state index contributed by atoms with van der Waals surface area (Å²) < 4.78 is 40.3. The van der Waals surface area contributed by atoms with Gasteiger partial charge in [0.1, 0.15) is 5.82 Å². The van der Waals surface area contributed by atoms with Gasteiger partial charge in [0.15, 0.2) is 0 Å². The zero-order chi connectivity index (χ0) is 15.0. The predicted molar refractivity (Wildman–Crippen MR) is 74.1 cm³/mol. The average molecular weight is 294 g/mol. The van der Waals surface area contributed by atoms with Crippen LogP contribution in [0.5, 0.6) is 0 Å². The molecule has 5 heteroatoms. The molecule has 0 fully saturated rings. The zero-order valence-electron chi connectivity index (χ0n) is 11.8. The van der Waals surface area contributed by atoms with Gasteiger partial charge in [0.05, 0.1) is 11.3 Å². The van der Waals surface area contributed by atoms with E-state index in [1.807, 2.05) is 6.20 Å². The van der Waals surface area contributed by atoms with Gasteiger partial charge in [-0.1, -0.05) is 25.1 Å². The van der Waals surface area contributed by atoms with Crippen LogP contribution >= 0.6 is 0 Å². The largest absolute Gasteiger partial charge is 0.416 e. The first-order valence-corrected chi connectivity index (χ1v) is 7.15. The van der Waals surface area contributed by atoms with E-state index >= 15 is 0 Å². The summed E-state index contributed by atoms with van der Waals surface area (Å²) in [6, 6.07) is 5.49. The number of alkyl halides is 3. The van der Waals surface area contributed by atoms with Gasteiger partial charge in [-0.15, -0.1) is 0 Å². The fraction of sp³-hybridized carbons (Fsp3) is 0.438. The Morgan fingerprint density at radius 3 is 2.86 bits per heavy atom. The van der Waals surface area contributed by atoms with Crippen molar-refractivity contribution < 1.29 is 13.2 Å². The van der Waals surface area contributed by atoms with Crippen LogP contribution in [-0.4, -0.2) is 9.55 Å². The van der Waals surface area contributed by atoms with Crippen molar-refractivity contribution in [3.8, 4) is 0 Å². The van der Waals surface area contributed by atoms with E-state index in [4.69, 9.17) is 0 Å². The summed E-state index contributed by atoms with van der Waals surface area (Å²) in [4.78, 5) is 4.60. The maximum Gasteiger partial charge on any atom is 0.416 e. The van der Waals surface area contributed by atoms with Crippen molar-refractivity contribution in [3.05, 3.63) is 53.1 Å².